The lowest BCUT2D eigenvalue weighted by Crippen LogP contribution is -2.11. The number of nitrogens with two attached hydrogens (primary N) is 1. The van der Waals surface area contributed by atoms with Crippen molar-refractivity contribution in [2.24, 2.45) is 5.73 Å². The number of amides is 1. The van der Waals surface area contributed by atoms with Crippen molar-refractivity contribution < 1.29 is 9.72 Å². The molecule has 1 aromatic heterocycles. The van der Waals surface area contributed by atoms with Crippen LogP contribution in [0.15, 0.2) is 48.5 Å². The van der Waals surface area contributed by atoms with Crippen molar-refractivity contribution in [2.75, 3.05) is 11.9 Å². The van der Waals surface area contributed by atoms with E-state index in [0.717, 1.165) is 16.6 Å². The molecule has 8 heteroatoms. The average Bonchev–Trinajstić information content (AvgIpc) is 2.61. The van der Waals surface area contributed by atoms with Crippen LogP contribution in [0.3, 0.4) is 0 Å². The number of pyridine rings is 1. The number of aromatic nitrogens is 1. The van der Waals surface area contributed by atoms with Crippen molar-refractivity contribution in [2.45, 2.75) is 6.42 Å². The average molecular weight is 371 g/mol. The SMILES string of the molecule is NC(=O)c1ccc2nc(Cl)cc(NCCc3ccc([N+](=O)[O-])cc3)c2c1. The number of halogens is 1. The van der Waals surface area contributed by atoms with E-state index in [1.54, 1.807) is 36.4 Å². The Balaban J connectivity index is 1.78. The second-order valence-corrected chi connectivity index (χ2v) is 6.08. The van der Waals surface area contributed by atoms with Gasteiger partial charge in [-0.15, -0.1) is 0 Å². The van der Waals surface area contributed by atoms with Gasteiger partial charge in [0.25, 0.3) is 5.69 Å². The fourth-order valence-electron chi connectivity index (χ4n) is 2.62. The lowest BCUT2D eigenvalue weighted by molar-refractivity contribution is -0.384. The summed E-state index contributed by atoms with van der Waals surface area (Å²) in [5.41, 5.74) is 8.15. The molecular weight excluding hydrogens is 356 g/mol. The molecule has 0 fully saturated rings. The standard InChI is InChI=1S/C18H15ClN4O3/c19-17-10-16(14-9-12(18(20)24)3-6-15(14)22-17)21-8-7-11-1-4-13(5-2-11)23(25)26/h1-6,9-10H,7-8H2,(H2,20,24)(H,21,22). The molecule has 0 aliphatic heterocycles. The first kappa shape index (κ1) is 17.6. The highest BCUT2D eigenvalue weighted by atomic mass is 35.5. The van der Waals surface area contributed by atoms with E-state index < -0.39 is 10.8 Å². The number of carbonyl (C=O) groups is 1. The number of benzene rings is 2. The van der Waals surface area contributed by atoms with E-state index >= 15 is 0 Å². The van der Waals surface area contributed by atoms with Gasteiger partial charge >= 0.3 is 0 Å². The van der Waals surface area contributed by atoms with E-state index in [0.29, 0.717) is 29.2 Å². The summed E-state index contributed by atoms with van der Waals surface area (Å²) in [6, 6.07) is 13.1. The number of rotatable bonds is 6. The topological polar surface area (TPSA) is 111 Å². The van der Waals surface area contributed by atoms with Crippen LogP contribution in [0.25, 0.3) is 10.9 Å². The number of nitro benzene ring substituents is 1. The quantitative estimate of drug-likeness (QED) is 0.391. The van der Waals surface area contributed by atoms with Crippen LogP contribution in [0.5, 0.6) is 0 Å². The minimum Gasteiger partial charge on any atom is -0.384 e. The molecule has 0 aliphatic rings. The van der Waals surface area contributed by atoms with Crippen molar-refractivity contribution in [3.8, 4) is 0 Å². The Morgan fingerprint density at radius 2 is 1.92 bits per heavy atom. The van der Waals surface area contributed by atoms with Gasteiger partial charge < -0.3 is 11.1 Å². The Morgan fingerprint density at radius 3 is 2.58 bits per heavy atom. The van der Waals surface area contributed by atoms with Crippen LogP contribution in [-0.4, -0.2) is 22.4 Å². The highest BCUT2D eigenvalue weighted by Crippen LogP contribution is 2.26. The van der Waals surface area contributed by atoms with Gasteiger partial charge in [0.1, 0.15) is 5.15 Å². The van der Waals surface area contributed by atoms with Gasteiger partial charge in [0.15, 0.2) is 0 Å². The molecule has 3 rings (SSSR count). The van der Waals surface area contributed by atoms with Crippen molar-refractivity contribution in [1.29, 1.82) is 0 Å². The van der Waals surface area contributed by atoms with E-state index in [1.165, 1.54) is 12.1 Å². The summed E-state index contributed by atoms with van der Waals surface area (Å²) in [6.45, 7) is 0.577. The first-order chi connectivity index (χ1) is 12.4. The number of nitrogens with one attached hydrogen (secondary N) is 1. The van der Waals surface area contributed by atoms with E-state index in [4.69, 9.17) is 17.3 Å². The van der Waals surface area contributed by atoms with Gasteiger partial charge in [-0.05, 0) is 36.2 Å². The summed E-state index contributed by atoms with van der Waals surface area (Å²) < 4.78 is 0. The molecule has 0 radical (unpaired) electrons. The molecule has 26 heavy (non-hydrogen) atoms. The fraction of sp³-hybridized carbons (Fsp3) is 0.111. The molecule has 2 aromatic carbocycles. The number of hydrogen-bond acceptors (Lipinski definition) is 5. The molecule has 0 saturated heterocycles. The molecule has 0 spiro atoms. The highest BCUT2D eigenvalue weighted by Gasteiger charge is 2.09. The predicted octanol–water partition coefficient (Wildman–Crippen LogP) is 3.55. The second kappa shape index (κ2) is 7.37. The number of carbonyl (C=O) groups excluding carboxylic acids is 1. The van der Waals surface area contributed by atoms with Crippen LogP contribution in [0, 0.1) is 10.1 Å². The lowest BCUT2D eigenvalue weighted by atomic mass is 10.1. The maximum atomic E-state index is 11.4. The van der Waals surface area contributed by atoms with Crippen LogP contribution in [-0.2, 0) is 6.42 Å². The summed E-state index contributed by atoms with van der Waals surface area (Å²) in [4.78, 5) is 25.9. The number of nitro groups is 1. The monoisotopic (exact) mass is 370 g/mol. The normalized spacial score (nSPS) is 10.7. The molecule has 132 valence electrons. The number of anilines is 1. The summed E-state index contributed by atoms with van der Waals surface area (Å²) in [5.74, 6) is -0.515. The van der Waals surface area contributed by atoms with Gasteiger partial charge in [0.05, 0.1) is 10.4 Å². The van der Waals surface area contributed by atoms with Gasteiger partial charge in [0, 0.05) is 35.3 Å². The molecule has 1 amide bonds. The third kappa shape index (κ3) is 3.89. The van der Waals surface area contributed by atoms with Crippen molar-refractivity contribution >= 4 is 39.8 Å². The van der Waals surface area contributed by atoms with Crippen molar-refractivity contribution in [3.63, 3.8) is 0 Å². The smallest absolute Gasteiger partial charge is 0.269 e. The summed E-state index contributed by atoms with van der Waals surface area (Å²) in [7, 11) is 0. The number of nitrogens with zero attached hydrogens (tertiary/aromatic N) is 2. The molecule has 7 nitrogen and oxygen atoms in total. The largest absolute Gasteiger partial charge is 0.384 e. The Morgan fingerprint density at radius 1 is 1.19 bits per heavy atom. The number of fused-ring (bicyclic) bond motifs is 1. The zero-order valence-corrected chi connectivity index (χ0v) is 14.4. The number of primary amides is 1. The molecular formula is C18H15ClN4O3. The minimum absolute atomic E-state index is 0.0626. The first-order valence-corrected chi connectivity index (χ1v) is 8.19. The van der Waals surface area contributed by atoms with Gasteiger partial charge in [0.2, 0.25) is 5.91 Å². The summed E-state index contributed by atoms with van der Waals surface area (Å²) >= 11 is 6.06. The number of hydrogen-bond donors (Lipinski definition) is 2. The maximum Gasteiger partial charge on any atom is 0.269 e. The van der Waals surface area contributed by atoms with Gasteiger partial charge in [-0.2, -0.15) is 0 Å². The van der Waals surface area contributed by atoms with Gasteiger partial charge in [-0.25, -0.2) is 4.98 Å². The second-order valence-electron chi connectivity index (χ2n) is 5.69. The molecule has 3 aromatic rings. The summed E-state index contributed by atoms with van der Waals surface area (Å²) in [5, 5.41) is 15.0. The molecule has 0 atom stereocenters. The Bertz CT molecular complexity index is 990. The van der Waals surface area contributed by atoms with Crippen LogP contribution in [0.2, 0.25) is 5.15 Å². The Labute approximate surface area is 153 Å². The van der Waals surface area contributed by atoms with Crippen LogP contribution in [0.4, 0.5) is 11.4 Å². The summed E-state index contributed by atoms with van der Waals surface area (Å²) in [6.07, 6.45) is 0.662. The van der Waals surface area contributed by atoms with E-state index in [2.05, 4.69) is 10.3 Å². The van der Waals surface area contributed by atoms with E-state index in [-0.39, 0.29) is 5.69 Å². The molecule has 3 N–H and O–H groups in total. The molecule has 0 saturated carbocycles. The maximum absolute atomic E-state index is 11.4. The Hall–Kier alpha value is -3.19. The molecule has 0 aliphatic carbocycles. The Kier molecular flexibility index (Phi) is 4.99. The van der Waals surface area contributed by atoms with Crippen LogP contribution >= 0.6 is 11.6 Å². The van der Waals surface area contributed by atoms with Gasteiger partial charge in [-0.1, -0.05) is 23.7 Å². The van der Waals surface area contributed by atoms with E-state index in [1.807, 2.05) is 0 Å². The molecule has 1 heterocycles. The minimum atomic E-state index is -0.515. The van der Waals surface area contributed by atoms with Crippen molar-refractivity contribution in [1.82, 2.24) is 4.98 Å². The third-order valence-corrected chi connectivity index (χ3v) is 4.13. The first-order valence-electron chi connectivity index (χ1n) is 7.81. The van der Waals surface area contributed by atoms with E-state index in [9.17, 15) is 14.9 Å². The molecule has 0 unspecified atom stereocenters. The third-order valence-electron chi connectivity index (χ3n) is 3.94. The van der Waals surface area contributed by atoms with Crippen LogP contribution < -0.4 is 11.1 Å². The van der Waals surface area contributed by atoms with Gasteiger partial charge in [-0.3, -0.25) is 14.9 Å². The fourth-order valence-corrected chi connectivity index (χ4v) is 2.82. The van der Waals surface area contributed by atoms with Crippen LogP contribution in [0.1, 0.15) is 15.9 Å². The zero-order valence-electron chi connectivity index (χ0n) is 13.6. The molecule has 0 bridgehead atoms. The predicted molar refractivity (Wildman–Crippen MR) is 101 cm³/mol. The van der Waals surface area contributed by atoms with Crippen molar-refractivity contribution in [3.05, 3.63) is 74.9 Å². The highest BCUT2D eigenvalue weighted by molar-refractivity contribution is 6.30. The lowest BCUT2D eigenvalue weighted by Gasteiger charge is -2.11. The number of non-ortho nitro benzene ring substituents is 1. The zero-order chi connectivity index (χ0) is 18.7.